The van der Waals surface area contributed by atoms with E-state index in [4.69, 9.17) is 5.11 Å². The Balaban J connectivity index is 2.22. The van der Waals surface area contributed by atoms with Gasteiger partial charge in [0.15, 0.2) is 0 Å². The fourth-order valence-electron chi connectivity index (χ4n) is 1.86. The molecular formula is C10H10N2O5S. The highest BCUT2D eigenvalue weighted by Crippen LogP contribution is 2.39. The molecule has 1 saturated heterocycles. The van der Waals surface area contributed by atoms with Gasteiger partial charge >= 0.3 is 5.97 Å². The van der Waals surface area contributed by atoms with Crippen LogP contribution < -0.4 is 5.32 Å². The Hall–Kier alpha value is -1.83. The molecule has 3 atom stereocenters. The van der Waals surface area contributed by atoms with Gasteiger partial charge in [0.1, 0.15) is 23.0 Å². The maximum atomic E-state index is 11.7. The van der Waals surface area contributed by atoms with E-state index in [1.807, 2.05) is 0 Å². The van der Waals surface area contributed by atoms with E-state index in [9.17, 15) is 19.2 Å². The lowest BCUT2D eigenvalue weighted by molar-refractivity contribution is -0.145. The minimum Gasteiger partial charge on any atom is -0.480 e. The fraction of sp³-hybridized carbons (Fsp3) is 0.400. The summed E-state index contributed by atoms with van der Waals surface area (Å²) in [7, 11) is 0. The number of carbonyl (C=O) groups is 4. The lowest BCUT2D eigenvalue weighted by atomic mass is 10.1. The number of aliphatic carboxylic acids is 1. The van der Waals surface area contributed by atoms with Crippen molar-refractivity contribution in [1.29, 1.82) is 0 Å². The quantitative estimate of drug-likeness (QED) is 0.500. The van der Waals surface area contributed by atoms with Gasteiger partial charge in [-0.15, -0.1) is 11.8 Å². The maximum Gasteiger partial charge on any atom is 0.321 e. The van der Waals surface area contributed by atoms with E-state index in [1.165, 1.54) is 18.0 Å². The molecular weight excluding hydrogens is 260 g/mol. The molecule has 2 rings (SSSR count). The normalized spacial score (nSPS) is 29.8. The molecule has 0 spiro atoms. The number of fused-ring (bicyclic) bond motifs is 1. The summed E-state index contributed by atoms with van der Waals surface area (Å²) in [5.74, 6) is -1.84. The largest absolute Gasteiger partial charge is 0.480 e. The van der Waals surface area contributed by atoms with E-state index in [2.05, 4.69) is 5.32 Å². The van der Waals surface area contributed by atoms with Crippen LogP contribution in [0.1, 0.15) is 6.92 Å². The van der Waals surface area contributed by atoms with E-state index >= 15 is 0 Å². The highest BCUT2D eigenvalue weighted by Gasteiger charge is 2.52. The average molecular weight is 270 g/mol. The van der Waals surface area contributed by atoms with Crippen LogP contribution in [0.5, 0.6) is 0 Å². The number of hydrogen-bond donors (Lipinski definition) is 2. The molecule has 2 aliphatic heterocycles. The molecule has 18 heavy (non-hydrogen) atoms. The van der Waals surface area contributed by atoms with Gasteiger partial charge in [0.2, 0.25) is 5.91 Å². The number of β-lactam (4-membered cyclic amide) rings is 1. The Bertz CT molecular complexity index is 475. The average Bonchev–Trinajstić information content (AvgIpc) is 2.33. The molecule has 0 aliphatic carbocycles. The number of amides is 2. The van der Waals surface area contributed by atoms with Gasteiger partial charge in [-0.05, 0) is 0 Å². The van der Waals surface area contributed by atoms with Crippen LogP contribution in [0.3, 0.4) is 0 Å². The molecule has 8 heteroatoms. The SMILES string of the molecule is CC(=O)NC1C(=O)N2C=C(C=O)C(C(=O)O)S[C@H]12. The first-order valence-corrected chi connectivity index (χ1v) is 6.04. The van der Waals surface area contributed by atoms with Crippen molar-refractivity contribution in [1.82, 2.24) is 10.2 Å². The van der Waals surface area contributed by atoms with Crippen LogP contribution in [-0.2, 0) is 19.2 Å². The Morgan fingerprint density at radius 1 is 1.56 bits per heavy atom. The molecule has 0 saturated carbocycles. The molecule has 0 aromatic rings. The van der Waals surface area contributed by atoms with E-state index in [0.29, 0.717) is 6.29 Å². The predicted octanol–water partition coefficient (Wildman–Crippen LogP) is -1.06. The van der Waals surface area contributed by atoms with Crippen molar-refractivity contribution >= 4 is 35.8 Å². The third-order valence-electron chi connectivity index (χ3n) is 2.67. The van der Waals surface area contributed by atoms with Gasteiger partial charge < -0.3 is 15.3 Å². The van der Waals surface area contributed by atoms with Gasteiger partial charge in [-0.1, -0.05) is 0 Å². The second-order valence-corrected chi connectivity index (χ2v) is 5.14. The van der Waals surface area contributed by atoms with Crippen LogP contribution in [-0.4, -0.2) is 50.7 Å². The van der Waals surface area contributed by atoms with Gasteiger partial charge in [-0.3, -0.25) is 19.2 Å². The summed E-state index contributed by atoms with van der Waals surface area (Å²) in [6, 6.07) is -0.723. The van der Waals surface area contributed by atoms with Crippen molar-refractivity contribution < 1.29 is 24.3 Å². The number of rotatable bonds is 3. The number of carbonyl (C=O) groups excluding carboxylic acids is 3. The number of hydrogen-bond acceptors (Lipinski definition) is 5. The van der Waals surface area contributed by atoms with Crippen molar-refractivity contribution in [3.8, 4) is 0 Å². The molecule has 2 unspecified atom stereocenters. The van der Waals surface area contributed by atoms with E-state index in [0.717, 1.165) is 11.8 Å². The topological polar surface area (TPSA) is 104 Å². The number of nitrogens with one attached hydrogen (secondary N) is 1. The highest BCUT2D eigenvalue weighted by molar-refractivity contribution is 8.01. The monoisotopic (exact) mass is 270 g/mol. The van der Waals surface area contributed by atoms with Crippen molar-refractivity contribution in [3.05, 3.63) is 11.8 Å². The zero-order valence-electron chi connectivity index (χ0n) is 9.32. The molecule has 0 aromatic heterocycles. The smallest absolute Gasteiger partial charge is 0.321 e. The van der Waals surface area contributed by atoms with Crippen molar-refractivity contribution in [2.45, 2.75) is 23.6 Å². The first kappa shape index (κ1) is 12.6. The first-order chi connectivity index (χ1) is 8.45. The maximum absolute atomic E-state index is 11.7. The molecule has 2 amide bonds. The molecule has 0 radical (unpaired) electrons. The van der Waals surface area contributed by atoms with Crippen LogP contribution in [0.15, 0.2) is 11.8 Å². The van der Waals surface area contributed by atoms with E-state index < -0.39 is 22.6 Å². The second-order valence-electron chi connectivity index (χ2n) is 3.92. The van der Waals surface area contributed by atoms with Crippen molar-refractivity contribution in [2.24, 2.45) is 0 Å². The van der Waals surface area contributed by atoms with Crippen LogP contribution in [0, 0.1) is 0 Å². The zero-order valence-corrected chi connectivity index (χ0v) is 10.1. The number of carboxylic acids is 1. The lowest BCUT2D eigenvalue weighted by Gasteiger charge is -2.48. The summed E-state index contributed by atoms with van der Waals surface area (Å²) in [6.45, 7) is 1.28. The van der Waals surface area contributed by atoms with Gasteiger partial charge in [0.05, 0.1) is 0 Å². The number of aldehydes is 1. The van der Waals surface area contributed by atoms with E-state index in [-0.39, 0.29) is 17.4 Å². The van der Waals surface area contributed by atoms with Crippen LogP contribution in [0.25, 0.3) is 0 Å². The lowest BCUT2D eigenvalue weighted by Crippen LogP contribution is -2.69. The predicted molar refractivity (Wildman–Crippen MR) is 61.4 cm³/mol. The molecule has 0 bridgehead atoms. The van der Waals surface area contributed by atoms with Crippen LogP contribution >= 0.6 is 11.8 Å². The second kappa shape index (κ2) is 4.45. The Kier molecular flexibility index (Phi) is 3.12. The molecule has 1 fully saturated rings. The molecule has 7 nitrogen and oxygen atoms in total. The third-order valence-corrected chi connectivity index (χ3v) is 4.19. The van der Waals surface area contributed by atoms with Gasteiger partial charge in [-0.2, -0.15) is 0 Å². The standard InChI is InChI=1S/C10H10N2O5S/c1-4(14)11-6-8(15)12-2-5(3-13)7(10(16)17)18-9(6)12/h2-3,6-7,9H,1H3,(H,11,14)(H,16,17)/t6?,7?,9-/m1/s1. The Labute approximate surface area is 106 Å². The van der Waals surface area contributed by atoms with Crippen molar-refractivity contribution in [3.63, 3.8) is 0 Å². The highest BCUT2D eigenvalue weighted by atomic mass is 32.2. The summed E-state index contributed by atoms with van der Waals surface area (Å²) in [4.78, 5) is 45.6. The van der Waals surface area contributed by atoms with Crippen LogP contribution in [0.2, 0.25) is 0 Å². The zero-order chi connectivity index (χ0) is 13.4. The summed E-state index contributed by atoms with van der Waals surface area (Å²) in [6.07, 6.45) is 1.68. The third kappa shape index (κ3) is 1.88. The molecule has 96 valence electrons. The van der Waals surface area contributed by atoms with Gasteiger partial charge in [-0.25, -0.2) is 0 Å². The first-order valence-electron chi connectivity index (χ1n) is 5.10. The van der Waals surface area contributed by atoms with Gasteiger partial charge in [0.25, 0.3) is 5.91 Å². The summed E-state index contributed by atoms with van der Waals surface area (Å²) >= 11 is 0.967. The Morgan fingerprint density at radius 3 is 2.72 bits per heavy atom. The Morgan fingerprint density at radius 2 is 2.22 bits per heavy atom. The minimum atomic E-state index is -1.14. The number of carboxylic acid groups (broad SMARTS) is 1. The summed E-state index contributed by atoms with van der Waals surface area (Å²) in [5, 5.41) is 9.98. The molecule has 0 aromatic carbocycles. The number of thioether (sulfide) groups is 1. The van der Waals surface area contributed by atoms with Crippen molar-refractivity contribution in [2.75, 3.05) is 0 Å². The molecule has 2 aliphatic rings. The van der Waals surface area contributed by atoms with Gasteiger partial charge in [0, 0.05) is 18.7 Å². The van der Waals surface area contributed by atoms with Crippen LogP contribution in [0.4, 0.5) is 0 Å². The molecule has 2 heterocycles. The number of nitrogens with zero attached hydrogens (tertiary/aromatic N) is 1. The molecule has 2 N–H and O–H groups in total. The fourth-order valence-corrected chi connectivity index (χ4v) is 3.17. The summed E-state index contributed by atoms with van der Waals surface area (Å²) in [5.41, 5.74) is 0.0402. The minimum absolute atomic E-state index is 0.0402. The van der Waals surface area contributed by atoms with E-state index in [1.54, 1.807) is 0 Å². The summed E-state index contributed by atoms with van der Waals surface area (Å²) < 4.78 is 0.